The van der Waals surface area contributed by atoms with E-state index >= 15 is 0 Å². The fraction of sp³-hybridized carbons (Fsp3) is 0.286. The number of carbonyl (C=O) groups excluding carboxylic acids is 1. The highest BCUT2D eigenvalue weighted by Gasteiger charge is 2.48. The lowest BCUT2D eigenvalue weighted by Crippen LogP contribution is -2.11. The van der Waals surface area contributed by atoms with E-state index in [1.54, 1.807) is 12.1 Å². The summed E-state index contributed by atoms with van der Waals surface area (Å²) in [7, 11) is 1.36. The standard InChI is InChI=1S/C21H22O6/c1-11(2)4-9-14-15(23)10-16(26-3)17(18(14)24)19(25)21-20(27-21)12-5-7-13(22)8-6-12/h5-8,10,20-24H,1,4,9H2,2-3H3/t20-,21+/m0/s1. The Bertz CT molecular complexity index is 885. The number of carbonyl (C=O) groups is 1. The van der Waals surface area contributed by atoms with Crippen LogP contribution in [0.1, 0.15) is 40.9 Å². The van der Waals surface area contributed by atoms with Gasteiger partial charge in [0, 0.05) is 11.6 Å². The minimum absolute atomic E-state index is 0.00158. The molecule has 6 heteroatoms. The van der Waals surface area contributed by atoms with E-state index in [1.165, 1.54) is 25.3 Å². The fourth-order valence-corrected chi connectivity index (χ4v) is 3.03. The Kier molecular flexibility index (Phi) is 5.10. The Morgan fingerprint density at radius 3 is 2.48 bits per heavy atom. The van der Waals surface area contributed by atoms with Crippen molar-refractivity contribution in [1.82, 2.24) is 0 Å². The van der Waals surface area contributed by atoms with Gasteiger partial charge in [0.2, 0.25) is 5.78 Å². The first-order valence-electron chi connectivity index (χ1n) is 8.58. The van der Waals surface area contributed by atoms with Crippen molar-refractivity contribution in [2.24, 2.45) is 0 Å². The number of allylic oxidation sites excluding steroid dienone is 1. The lowest BCUT2D eigenvalue weighted by Gasteiger charge is -2.15. The van der Waals surface area contributed by atoms with Gasteiger partial charge in [0.15, 0.2) is 6.10 Å². The second-order valence-electron chi connectivity index (χ2n) is 6.69. The highest BCUT2D eigenvalue weighted by molar-refractivity contribution is 6.06. The molecule has 3 N–H and O–H groups in total. The summed E-state index contributed by atoms with van der Waals surface area (Å²) in [6, 6.07) is 7.73. The molecule has 0 aliphatic carbocycles. The SMILES string of the molecule is C=C(C)CCc1c(O)cc(OC)c(C(=O)[C@H]2O[C@H]2c2ccc(O)cc2)c1O. The third-order valence-corrected chi connectivity index (χ3v) is 4.59. The number of methoxy groups -OCH3 is 1. The molecule has 27 heavy (non-hydrogen) atoms. The third kappa shape index (κ3) is 3.75. The molecular weight excluding hydrogens is 348 g/mol. The van der Waals surface area contributed by atoms with Crippen LogP contribution in [0.25, 0.3) is 0 Å². The summed E-state index contributed by atoms with van der Waals surface area (Å²) in [6.45, 7) is 5.67. The van der Waals surface area contributed by atoms with E-state index < -0.39 is 18.0 Å². The molecule has 1 fully saturated rings. The van der Waals surface area contributed by atoms with E-state index in [4.69, 9.17) is 9.47 Å². The second-order valence-corrected chi connectivity index (χ2v) is 6.69. The van der Waals surface area contributed by atoms with E-state index in [0.29, 0.717) is 12.8 Å². The number of benzene rings is 2. The summed E-state index contributed by atoms with van der Waals surface area (Å²) < 4.78 is 10.7. The second kappa shape index (κ2) is 7.32. The molecule has 142 valence electrons. The molecule has 1 aliphatic heterocycles. The maximum atomic E-state index is 12.9. The van der Waals surface area contributed by atoms with Gasteiger partial charge in [-0.05, 0) is 37.5 Å². The van der Waals surface area contributed by atoms with Gasteiger partial charge in [-0.25, -0.2) is 0 Å². The Balaban J connectivity index is 1.90. The first-order chi connectivity index (χ1) is 12.8. The summed E-state index contributed by atoms with van der Waals surface area (Å²) in [5, 5.41) is 30.2. The highest BCUT2D eigenvalue weighted by Crippen LogP contribution is 2.46. The number of aromatic hydroxyl groups is 3. The van der Waals surface area contributed by atoms with Crippen LogP contribution in [0.3, 0.4) is 0 Å². The van der Waals surface area contributed by atoms with E-state index in [-0.39, 0.29) is 34.1 Å². The van der Waals surface area contributed by atoms with Gasteiger partial charge in [0.25, 0.3) is 0 Å². The molecule has 0 aromatic heterocycles. The van der Waals surface area contributed by atoms with Crippen LogP contribution in [0.5, 0.6) is 23.0 Å². The molecular formula is C21H22O6. The van der Waals surface area contributed by atoms with Gasteiger partial charge in [-0.2, -0.15) is 0 Å². The third-order valence-electron chi connectivity index (χ3n) is 4.59. The largest absolute Gasteiger partial charge is 0.508 e. The predicted molar refractivity (Wildman–Crippen MR) is 99.5 cm³/mol. The molecule has 0 unspecified atom stereocenters. The van der Waals surface area contributed by atoms with Crippen molar-refractivity contribution in [3.05, 3.63) is 59.2 Å². The van der Waals surface area contributed by atoms with Gasteiger partial charge >= 0.3 is 0 Å². The van der Waals surface area contributed by atoms with Crippen LogP contribution in [0.2, 0.25) is 0 Å². The van der Waals surface area contributed by atoms with E-state index in [0.717, 1.165) is 11.1 Å². The number of hydrogen-bond acceptors (Lipinski definition) is 6. The van der Waals surface area contributed by atoms with Gasteiger partial charge in [-0.3, -0.25) is 4.79 Å². The molecule has 2 aromatic rings. The van der Waals surface area contributed by atoms with Crippen molar-refractivity contribution in [2.45, 2.75) is 32.0 Å². The number of hydrogen-bond donors (Lipinski definition) is 3. The Hall–Kier alpha value is -2.99. The molecule has 0 bridgehead atoms. The van der Waals surface area contributed by atoms with Crippen LogP contribution in [-0.2, 0) is 11.2 Å². The van der Waals surface area contributed by atoms with Crippen LogP contribution in [0, 0.1) is 0 Å². The summed E-state index contributed by atoms with van der Waals surface area (Å²) in [5.74, 6) is -0.623. The van der Waals surface area contributed by atoms with E-state index in [9.17, 15) is 20.1 Å². The summed E-state index contributed by atoms with van der Waals surface area (Å²) in [4.78, 5) is 12.9. The number of rotatable bonds is 7. The molecule has 1 heterocycles. The van der Waals surface area contributed by atoms with Crippen LogP contribution >= 0.6 is 0 Å². The zero-order valence-electron chi connectivity index (χ0n) is 15.2. The van der Waals surface area contributed by atoms with Crippen LogP contribution in [-0.4, -0.2) is 34.3 Å². The molecule has 0 saturated carbocycles. The van der Waals surface area contributed by atoms with Crippen molar-refractivity contribution >= 4 is 5.78 Å². The van der Waals surface area contributed by atoms with Gasteiger partial charge in [0.1, 0.15) is 34.7 Å². The maximum absolute atomic E-state index is 12.9. The monoisotopic (exact) mass is 370 g/mol. The van der Waals surface area contributed by atoms with Gasteiger partial charge in [-0.15, -0.1) is 6.58 Å². The van der Waals surface area contributed by atoms with Gasteiger partial charge < -0.3 is 24.8 Å². The smallest absolute Gasteiger partial charge is 0.202 e. The van der Waals surface area contributed by atoms with Crippen molar-refractivity contribution in [3.8, 4) is 23.0 Å². The first kappa shape index (κ1) is 18.8. The average Bonchev–Trinajstić information content (AvgIpc) is 3.41. The van der Waals surface area contributed by atoms with Crippen LogP contribution in [0.4, 0.5) is 0 Å². The molecule has 0 spiro atoms. The van der Waals surface area contributed by atoms with Crippen molar-refractivity contribution < 1.29 is 29.6 Å². The molecule has 0 amide bonds. The average molecular weight is 370 g/mol. The van der Waals surface area contributed by atoms with Crippen molar-refractivity contribution in [3.63, 3.8) is 0 Å². The Labute approximate surface area is 157 Å². The molecule has 2 aromatic carbocycles. The van der Waals surface area contributed by atoms with Gasteiger partial charge in [-0.1, -0.05) is 17.7 Å². The molecule has 1 saturated heterocycles. The molecule has 6 nitrogen and oxygen atoms in total. The zero-order chi connectivity index (χ0) is 19.7. The maximum Gasteiger partial charge on any atom is 0.202 e. The molecule has 3 rings (SSSR count). The van der Waals surface area contributed by atoms with Gasteiger partial charge in [0.05, 0.1) is 7.11 Å². The predicted octanol–water partition coefficient (Wildman–Crippen LogP) is 3.64. The summed E-state index contributed by atoms with van der Waals surface area (Å²) >= 11 is 0. The Morgan fingerprint density at radius 1 is 1.22 bits per heavy atom. The quantitative estimate of drug-likeness (QED) is 0.391. The van der Waals surface area contributed by atoms with E-state index in [1.807, 2.05) is 6.92 Å². The highest BCUT2D eigenvalue weighted by atomic mass is 16.6. The minimum atomic E-state index is -0.757. The first-order valence-corrected chi connectivity index (χ1v) is 8.58. The van der Waals surface area contributed by atoms with Crippen molar-refractivity contribution in [1.29, 1.82) is 0 Å². The van der Waals surface area contributed by atoms with E-state index in [2.05, 4.69) is 6.58 Å². The molecule has 2 atom stereocenters. The number of ketones is 1. The number of epoxide rings is 1. The topological polar surface area (TPSA) is 99.5 Å². The zero-order valence-corrected chi connectivity index (χ0v) is 15.2. The number of phenolic OH excluding ortho intramolecular Hbond substituents is 3. The number of Topliss-reactive ketones (excluding diaryl/α,β-unsaturated/α-hetero) is 1. The molecule has 1 aliphatic rings. The Morgan fingerprint density at radius 2 is 1.89 bits per heavy atom. The summed E-state index contributed by atoms with van der Waals surface area (Å²) in [6.07, 6.45) is -0.288. The fourth-order valence-electron chi connectivity index (χ4n) is 3.03. The van der Waals surface area contributed by atoms with Crippen LogP contribution < -0.4 is 4.74 Å². The minimum Gasteiger partial charge on any atom is -0.508 e. The summed E-state index contributed by atoms with van der Waals surface area (Å²) in [5.41, 5.74) is 1.93. The van der Waals surface area contributed by atoms with Crippen LogP contribution in [0.15, 0.2) is 42.5 Å². The van der Waals surface area contributed by atoms with Crippen molar-refractivity contribution in [2.75, 3.05) is 7.11 Å². The number of ether oxygens (including phenoxy) is 2. The lowest BCUT2D eigenvalue weighted by atomic mass is 9.95. The molecule has 0 radical (unpaired) electrons. The number of phenols is 3. The normalized spacial score (nSPS) is 18.1. The lowest BCUT2D eigenvalue weighted by molar-refractivity contribution is 0.0947.